The van der Waals surface area contributed by atoms with E-state index in [0.29, 0.717) is 6.42 Å². The van der Waals surface area contributed by atoms with Crippen molar-refractivity contribution >= 4 is 11.8 Å². The molecule has 4 nitrogen and oxygen atoms in total. The molecule has 0 aliphatic heterocycles. The van der Waals surface area contributed by atoms with Gasteiger partial charge in [-0.25, -0.2) is 0 Å². The quantitative estimate of drug-likeness (QED) is 0.325. The van der Waals surface area contributed by atoms with Crippen LogP contribution in [0, 0.1) is 17.8 Å². The standard InChI is InChI=1S/C25H42N2O2/c1-3-5-6-7-8-9-10-11-22(26-23(28)4-2)15-24(29)27-25-16-19-12-20(17-25)14-21(13-19)18-25/h4,19-22H,2-3,5-18H2,1H3,(H,26,28)(H,27,29). The fourth-order valence-corrected chi connectivity index (χ4v) is 6.67. The van der Waals surface area contributed by atoms with Crippen LogP contribution in [0.4, 0.5) is 0 Å². The fraction of sp³-hybridized carbons (Fsp3) is 0.840. The Kier molecular flexibility index (Phi) is 8.20. The third kappa shape index (κ3) is 6.58. The number of unbranched alkanes of at least 4 members (excludes halogenated alkanes) is 6. The van der Waals surface area contributed by atoms with Crippen molar-refractivity contribution in [3.8, 4) is 0 Å². The summed E-state index contributed by atoms with van der Waals surface area (Å²) in [6, 6.07) is -0.0787. The van der Waals surface area contributed by atoms with Gasteiger partial charge in [0.25, 0.3) is 0 Å². The summed E-state index contributed by atoms with van der Waals surface area (Å²) in [4.78, 5) is 24.8. The largest absolute Gasteiger partial charge is 0.351 e. The Bertz CT molecular complexity index is 536. The van der Waals surface area contributed by atoms with Gasteiger partial charge in [-0.1, -0.05) is 58.4 Å². The van der Waals surface area contributed by atoms with Gasteiger partial charge < -0.3 is 10.6 Å². The van der Waals surface area contributed by atoms with Gasteiger partial charge in [0.05, 0.1) is 0 Å². The average Bonchev–Trinajstić information content (AvgIpc) is 2.65. The van der Waals surface area contributed by atoms with Crippen molar-refractivity contribution in [1.29, 1.82) is 0 Å². The smallest absolute Gasteiger partial charge is 0.243 e. The Morgan fingerprint density at radius 1 is 0.966 bits per heavy atom. The second-order valence-corrected chi connectivity index (χ2v) is 10.3. The molecular formula is C25H42N2O2. The molecule has 4 heteroatoms. The molecule has 2 amide bonds. The SMILES string of the molecule is C=CC(=O)NC(CCCCCCCCC)CC(=O)NC12CC3CC(CC(C3)C1)C2. The molecule has 0 aromatic heterocycles. The van der Waals surface area contributed by atoms with Gasteiger partial charge in [0.2, 0.25) is 11.8 Å². The Balaban J connectivity index is 1.44. The van der Waals surface area contributed by atoms with Gasteiger partial charge in [0.1, 0.15) is 0 Å². The highest BCUT2D eigenvalue weighted by atomic mass is 16.2. The Morgan fingerprint density at radius 3 is 2.07 bits per heavy atom. The van der Waals surface area contributed by atoms with Gasteiger partial charge in [-0.05, 0) is 68.8 Å². The van der Waals surface area contributed by atoms with Crippen LogP contribution in [0.1, 0.15) is 103 Å². The molecule has 1 atom stereocenters. The lowest BCUT2D eigenvalue weighted by atomic mass is 9.53. The molecule has 4 fully saturated rings. The van der Waals surface area contributed by atoms with Gasteiger partial charge in [0, 0.05) is 18.0 Å². The van der Waals surface area contributed by atoms with E-state index in [0.717, 1.165) is 30.6 Å². The summed E-state index contributed by atoms with van der Waals surface area (Å²) in [6.45, 7) is 5.80. The molecule has 4 saturated carbocycles. The lowest BCUT2D eigenvalue weighted by Gasteiger charge is -2.57. The van der Waals surface area contributed by atoms with Crippen LogP contribution in [0.2, 0.25) is 0 Å². The van der Waals surface area contributed by atoms with E-state index in [1.165, 1.54) is 83.1 Å². The maximum absolute atomic E-state index is 12.9. The minimum atomic E-state index is -0.166. The number of carbonyl (C=O) groups excluding carboxylic acids is 2. The maximum Gasteiger partial charge on any atom is 0.243 e. The zero-order valence-corrected chi connectivity index (χ0v) is 18.5. The van der Waals surface area contributed by atoms with Crippen LogP contribution < -0.4 is 10.6 Å². The highest BCUT2D eigenvalue weighted by Gasteiger charge is 2.51. The van der Waals surface area contributed by atoms with E-state index in [1.54, 1.807) is 0 Å². The lowest BCUT2D eigenvalue weighted by molar-refractivity contribution is -0.127. The molecule has 0 radical (unpaired) electrons. The van der Waals surface area contributed by atoms with Crippen LogP contribution in [-0.4, -0.2) is 23.4 Å². The summed E-state index contributed by atoms with van der Waals surface area (Å²) in [7, 11) is 0. The Labute approximate surface area is 177 Å². The Hall–Kier alpha value is -1.32. The highest BCUT2D eigenvalue weighted by molar-refractivity contribution is 5.87. The molecule has 4 aliphatic rings. The number of nitrogens with one attached hydrogen (secondary N) is 2. The molecule has 0 aromatic carbocycles. The van der Waals surface area contributed by atoms with Gasteiger partial charge in [-0.3, -0.25) is 9.59 Å². The topological polar surface area (TPSA) is 58.2 Å². The first-order valence-electron chi connectivity index (χ1n) is 12.3. The monoisotopic (exact) mass is 402 g/mol. The van der Waals surface area contributed by atoms with Crippen LogP contribution >= 0.6 is 0 Å². The summed E-state index contributed by atoms with van der Waals surface area (Å²) in [5.41, 5.74) is 0.0537. The number of carbonyl (C=O) groups is 2. The second kappa shape index (κ2) is 10.6. The second-order valence-electron chi connectivity index (χ2n) is 10.3. The first-order chi connectivity index (χ1) is 14.0. The summed E-state index contributed by atoms with van der Waals surface area (Å²) >= 11 is 0. The third-order valence-corrected chi connectivity index (χ3v) is 7.56. The maximum atomic E-state index is 12.9. The van der Waals surface area contributed by atoms with Crippen LogP contribution in [0.25, 0.3) is 0 Å². The van der Waals surface area contributed by atoms with Crippen molar-refractivity contribution in [2.24, 2.45) is 17.8 Å². The van der Waals surface area contributed by atoms with Crippen molar-refractivity contribution in [2.75, 3.05) is 0 Å². The third-order valence-electron chi connectivity index (χ3n) is 7.56. The van der Waals surface area contributed by atoms with E-state index in [9.17, 15) is 9.59 Å². The normalized spacial score (nSPS) is 30.7. The lowest BCUT2D eigenvalue weighted by Crippen LogP contribution is -2.60. The van der Waals surface area contributed by atoms with Crippen molar-refractivity contribution in [2.45, 2.75) is 115 Å². The first-order valence-corrected chi connectivity index (χ1v) is 12.3. The minimum Gasteiger partial charge on any atom is -0.351 e. The summed E-state index contributed by atoms with van der Waals surface area (Å²) in [6.07, 6.45) is 19.0. The van der Waals surface area contributed by atoms with E-state index in [-0.39, 0.29) is 23.4 Å². The van der Waals surface area contributed by atoms with Crippen molar-refractivity contribution in [3.63, 3.8) is 0 Å². The van der Waals surface area contributed by atoms with Crippen molar-refractivity contribution < 1.29 is 9.59 Å². The molecule has 0 saturated heterocycles. The highest BCUT2D eigenvalue weighted by Crippen LogP contribution is 2.55. The minimum absolute atomic E-state index is 0.0537. The summed E-state index contributed by atoms with van der Waals surface area (Å²) in [5.74, 6) is 2.44. The van der Waals surface area contributed by atoms with Crippen LogP contribution in [-0.2, 0) is 9.59 Å². The number of amides is 2. The Morgan fingerprint density at radius 2 is 1.52 bits per heavy atom. The molecule has 0 heterocycles. The van der Waals surface area contributed by atoms with Gasteiger partial charge in [-0.15, -0.1) is 0 Å². The van der Waals surface area contributed by atoms with E-state index >= 15 is 0 Å². The van der Waals surface area contributed by atoms with E-state index in [4.69, 9.17) is 0 Å². The first kappa shape index (κ1) is 22.4. The van der Waals surface area contributed by atoms with E-state index in [2.05, 4.69) is 24.1 Å². The van der Waals surface area contributed by atoms with Gasteiger partial charge in [-0.2, -0.15) is 0 Å². The van der Waals surface area contributed by atoms with Gasteiger partial charge in [0.15, 0.2) is 0 Å². The zero-order valence-electron chi connectivity index (χ0n) is 18.5. The van der Waals surface area contributed by atoms with Crippen LogP contribution in [0.5, 0.6) is 0 Å². The molecule has 4 aliphatic carbocycles. The molecular weight excluding hydrogens is 360 g/mol. The molecule has 4 bridgehead atoms. The average molecular weight is 403 g/mol. The molecule has 0 spiro atoms. The molecule has 1 unspecified atom stereocenters. The van der Waals surface area contributed by atoms with E-state index in [1.807, 2.05) is 0 Å². The van der Waals surface area contributed by atoms with Crippen LogP contribution in [0.15, 0.2) is 12.7 Å². The summed E-state index contributed by atoms with van der Waals surface area (Å²) in [5, 5.41) is 6.45. The number of hydrogen-bond acceptors (Lipinski definition) is 2. The van der Waals surface area contributed by atoms with E-state index < -0.39 is 0 Å². The van der Waals surface area contributed by atoms with Gasteiger partial charge >= 0.3 is 0 Å². The van der Waals surface area contributed by atoms with Crippen LogP contribution in [0.3, 0.4) is 0 Å². The molecule has 164 valence electrons. The molecule has 2 N–H and O–H groups in total. The number of rotatable bonds is 13. The predicted octanol–water partition coefficient (Wildman–Crippen LogP) is 5.27. The predicted molar refractivity (Wildman–Crippen MR) is 118 cm³/mol. The fourth-order valence-electron chi connectivity index (χ4n) is 6.67. The van der Waals surface area contributed by atoms with Crippen molar-refractivity contribution in [3.05, 3.63) is 12.7 Å². The van der Waals surface area contributed by atoms with Crippen molar-refractivity contribution in [1.82, 2.24) is 10.6 Å². The molecule has 0 aromatic rings. The summed E-state index contributed by atoms with van der Waals surface area (Å²) < 4.78 is 0. The molecule has 4 rings (SSSR count). The zero-order chi connectivity index (χ0) is 20.7. The number of hydrogen-bond donors (Lipinski definition) is 2. The molecule has 29 heavy (non-hydrogen) atoms.